The number of benzene rings is 1. The Hall–Kier alpha value is -1.84. The molecule has 1 atom stereocenters. The van der Waals surface area contributed by atoms with E-state index < -0.39 is 5.97 Å². The molecular weight excluding hydrogens is 242 g/mol. The van der Waals surface area contributed by atoms with E-state index >= 15 is 0 Å². The maximum Gasteiger partial charge on any atom is 0.303 e. The molecule has 0 saturated carbocycles. The maximum atomic E-state index is 12.2. The van der Waals surface area contributed by atoms with Crippen LogP contribution in [0.5, 0.6) is 0 Å². The van der Waals surface area contributed by atoms with Crippen LogP contribution >= 0.6 is 0 Å². The molecule has 1 aromatic rings. The highest BCUT2D eigenvalue weighted by molar-refractivity contribution is 5.79. The topological polar surface area (TPSA) is 57.6 Å². The van der Waals surface area contributed by atoms with E-state index in [9.17, 15) is 9.59 Å². The molecule has 19 heavy (non-hydrogen) atoms. The van der Waals surface area contributed by atoms with Gasteiger partial charge in [0, 0.05) is 19.5 Å². The van der Waals surface area contributed by atoms with Gasteiger partial charge in [-0.15, -0.1) is 0 Å². The number of hydrogen-bond donors (Lipinski definition) is 1. The van der Waals surface area contributed by atoms with Crippen LogP contribution in [0.1, 0.15) is 24.0 Å². The fraction of sp³-hybridized carbons (Fsp3) is 0.467. The van der Waals surface area contributed by atoms with Crippen molar-refractivity contribution in [1.82, 2.24) is 4.90 Å². The lowest BCUT2D eigenvalue weighted by Gasteiger charge is -2.17. The minimum atomic E-state index is -0.779. The summed E-state index contributed by atoms with van der Waals surface area (Å²) in [5, 5.41) is 8.77. The molecular formula is C15H19NO3. The predicted octanol–water partition coefficient (Wildman–Crippen LogP) is 1.86. The minimum absolute atomic E-state index is 0.0992. The second-order valence-corrected chi connectivity index (χ2v) is 5.20. The molecule has 1 saturated heterocycles. The fourth-order valence-electron chi connectivity index (χ4n) is 2.56. The Kier molecular flexibility index (Phi) is 4.20. The summed E-state index contributed by atoms with van der Waals surface area (Å²) in [6, 6.07) is 7.87. The van der Waals surface area contributed by atoms with Crippen molar-refractivity contribution in [2.75, 3.05) is 13.1 Å². The van der Waals surface area contributed by atoms with E-state index in [1.807, 2.05) is 31.2 Å². The number of rotatable bonds is 4. The maximum absolute atomic E-state index is 12.2. The molecule has 4 nitrogen and oxygen atoms in total. The van der Waals surface area contributed by atoms with Crippen LogP contribution in [-0.2, 0) is 16.0 Å². The van der Waals surface area contributed by atoms with Gasteiger partial charge in [0.05, 0.1) is 6.42 Å². The number of carbonyl (C=O) groups excluding carboxylic acids is 1. The number of likely N-dealkylation sites (tertiary alicyclic amines) is 1. The molecule has 0 bridgehead atoms. The Bertz CT molecular complexity index is 484. The monoisotopic (exact) mass is 261 g/mol. The zero-order valence-electron chi connectivity index (χ0n) is 11.1. The van der Waals surface area contributed by atoms with E-state index in [-0.39, 0.29) is 18.2 Å². The third-order valence-corrected chi connectivity index (χ3v) is 3.70. The smallest absolute Gasteiger partial charge is 0.303 e. The predicted molar refractivity (Wildman–Crippen MR) is 71.8 cm³/mol. The van der Waals surface area contributed by atoms with E-state index in [0.29, 0.717) is 19.5 Å². The molecule has 0 aliphatic carbocycles. The Balaban J connectivity index is 1.91. The molecule has 1 aliphatic heterocycles. The zero-order chi connectivity index (χ0) is 13.8. The van der Waals surface area contributed by atoms with Crippen molar-refractivity contribution in [3.8, 4) is 0 Å². The highest BCUT2D eigenvalue weighted by atomic mass is 16.4. The largest absolute Gasteiger partial charge is 0.481 e. The SMILES string of the molecule is Cc1ccccc1CC(=O)N1CCC(CC(=O)O)C1. The van der Waals surface area contributed by atoms with Gasteiger partial charge in [0.25, 0.3) is 0 Å². The van der Waals surface area contributed by atoms with Crippen LogP contribution in [0.25, 0.3) is 0 Å². The summed E-state index contributed by atoms with van der Waals surface area (Å²) in [5.41, 5.74) is 2.17. The number of amides is 1. The molecule has 2 rings (SSSR count). The van der Waals surface area contributed by atoms with Gasteiger partial charge in [-0.3, -0.25) is 9.59 Å². The first kappa shape index (κ1) is 13.6. The van der Waals surface area contributed by atoms with Crippen LogP contribution in [0.3, 0.4) is 0 Å². The molecule has 1 aromatic carbocycles. The lowest BCUT2D eigenvalue weighted by Crippen LogP contribution is -2.30. The van der Waals surface area contributed by atoms with Gasteiger partial charge in [-0.2, -0.15) is 0 Å². The first-order chi connectivity index (χ1) is 9.06. The van der Waals surface area contributed by atoms with Crippen LogP contribution < -0.4 is 0 Å². The molecule has 1 heterocycles. The summed E-state index contributed by atoms with van der Waals surface area (Å²) in [6.07, 6.45) is 1.37. The third-order valence-electron chi connectivity index (χ3n) is 3.70. The lowest BCUT2D eigenvalue weighted by molar-refractivity contribution is -0.138. The highest BCUT2D eigenvalue weighted by Gasteiger charge is 2.27. The summed E-state index contributed by atoms with van der Waals surface area (Å²) in [5.74, 6) is -0.571. The van der Waals surface area contributed by atoms with Gasteiger partial charge in [-0.1, -0.05) is 24.3 Å². The summed E-state index contributed by atoms with van der Waals surface area (Å²) in [6.45, 7) is 3.26. The average Bonchev–Trinajstić information content (AvgIpc) is 2.79. The summed E-state index contributed by atoms with van der Waals surface area (Å²) >= 11 is 0. The van der Waals surface area contributed by atoms with Crippen LogP contribution in [-0.4, -0.2) is 35.0 Å². The molecule has 1 fully saturated rings. The molecule has 0 radical (unpaired) electrons. The van der Waals surface area contributed by atoms with Crippen LogP contribution in [0.2, 0.25) is 0 Å². The van der Waals surface area contributed by atoms with Gasteiger partial charge in [0.15, 0.2) is 0 Å². The van der Waals surface area contributed by atoms with Gasteiger partial charge in [0.2, 0.25) is 5.91 Å². The van der Waals surface area contributed by atoms with Crippen molar-refractivity contribution in [2.24, 2.45) is 5.92 Å². The number of nitrogens with zero attached hydrogens (tertiary/aromatic N) is 1. The Morgan fingerprint density at radius 1 is 1.37 bits per heavy atom. The van der Waals surface area contributed by atoms with Crippen molar-refractivity contribution in [2.45, 2.75) is 26.2 Å². The summed E-state index contributed by atoms with van der Waals surface area (Å²) in [4.78, 5) is 24.6. The molecule has 0 spiro atoms. The highest BCUT2D eigenvalue weighted by Crippen LogP contribution is 2.20. The number of hydrogen-bond acceptors (Lipinski definition) is 2. The van der Waals surface area contributed by atoms with Gasteiger partial charge >= 0.3 is 5.97 Å². The minimum Gasteiger partial charge on any atom is -0.481 e. The first-order valence-corrected chi connectivity index (χ1v) is 6.60. The normalized spacial score (nSPS) is 18.6. The van der Waals surface area contributed by atoms with Crippen LogP contribution in [0, 0.1) is 12.8 Å². The first-order valence-electron chi connectivity index (χ1n) is 6.60. The molecule has 102 valence electrons. The third kappa shape index (κ3) is 3.56. The molecule has 0 aromatic heterocycles. The second-order valence-electron chi connectivity index (χ2n) is 5.20. The van der Waals surface area contributed by atoms with Crippen molar-refractivity contribution in [3.05, 3.63) is 35.4 Å². The van der Waals surface area contributed by atoms with Crippen LogP contribution in [0.4, 0.5) is 0 Å². The number of aliphatic carboxylic acids is 1. The van der Waals surface area contributed by atoms with Gasteiger partial charge < -0.3 is 10.0 Å². The molecule has 1 amide bonds. The van der Waals surface area contributed by atoms with Crippen molar-refractivity contribution in [3.63, 3.8) is 0 Å². The molecule has 1 aliphatic rings. The van der Waals surface area contributed by atoms with Crippen molar-refractivity contribution < 1.29 is 14.7 Å². The summed E-state index contributed by atoms with van der Waals surface area (Å²) < 4.78 is 0. The molecule has 1 unspecified atom stereocenters. The van der Waals surface area contributed by atoms with Crippen molar-refractivity contribution >= 4 is 11.9 Å². The number of carboxylic acids is 1. The Labute approximate surface area is 113 Å². The van der Waals surface area contributed by atoms with E-state index in [4.69, 9.17) is 5.11 Å². The average molecular weight is 261 g/mol. The number of carbonyl (C=O) groups is 2. The number of aryl methyl sites for hydroxylation is 1. The molecule has 4 heteroatoms. The van der Waals surface area contributed by atoms with Crippen LogP contribution in [0.15, 0.2) is 24.3 Å². The standard InChI is InChI=1S/C15H19NO3/c1-11-4-2-3-5-13(11)9-14(17)16-7-6-12(10-16)8-15(18)19/h2-5,12H,6-10H2,1H3,(H,18,19). The van der Waals surface area contributed by atoms with Crippen molar-refractivity contribution in [1.29, 1.82) is 0 Å². The Morgan fingerprint density at radius 3 is 2.79 bits per heavy atom. The molecule has 1 N–H and O–H groups in total. The van der Waals surface area contributed by atoms with E-state index in [1.54, 1.807) is 4.90 Å². The zero-order valence-corrected chi connectivity index (χ0v) is 11.1. The second kappa shape index (κ2) is 5.87. The number of carboxylic acid groups (broad SMARTS) is 1. The van der Waals surface area contributed by atoms with Gasteiger partial charge in [0.1, 0.15) is 0 Å². The van der Waals surface area contributed by atoms with E-state index in [2.05, 4.69) is 0 Å². The Morgan fingerprint density at radius 2 is 2.11 bits per heavy atom. The van der Waals surface area contributed by atoms with Gasteiger partial charge in [-0.25, -0.2) is 0 Å². The summed E-state index contributed by atoms with van der Waals surface area (Å²) in [7, 11) is 0. The van der Waals surface area contributed by atoms with E-state index in [0.717, 1.165) is 17.5 Å². The quantitative estimate of drug-likeness (QED) is 0.900. The fourth-order valence-corrected chi connectivity index (χ4v) is 2.56. The van der Waals surface area contributed by atoms with Gasteiger partial charge in [-0.05, 0) is 30.4 Å². The van der Waals surface area contributed by atoms with E-state index in [1.165, 1.54) is 0 Å². The lowest BCUT2D eigenvalue weighted by atomic mass is 10.0.